The highest BCUT2D eigenvalue weighted by atomic mass is 32.1. The van der Waals surface area contributed by atoms with Crippen molar-refractivity contribution >= 4 is 33.8 Å². The molecule has 0 radical (unpaired) electrons. The third-order valence-corrected chi connectivity index (χ3v) is 6.47. The van der Waals surface area contributed by atoms with Crippen molar-refractivity contribution in [1.29, 1.82) is 0 Å². The van der Waals surface area contributed by atoms with E-state index in [4.69, 9.17) is 12.2 Å². The van der Waals surface area contributed by atoms with Crippen LogP contribution in [0.1, 0.15) is 29.3 Å². The van der Waals surface area contributed by atoms with Gasteiger partial charge in [0.05, 0.1) is 5.39 Å². The molecule has 0 saturated heterocycles. The Labute approximate surface area is 154 Å². The smallest absolute Gasteiger partial charge is 0.263 e. The lowest BCUT2D eigenvalue weighted by atomic mass is 9.89. The first kappa shape index (κ1) is 16.7. The third-order valence-electron chi connectivity index (χ3n) is 4.97. The summed E-state index contributed by atoms with van der Waals surface area (Å²) >= 11 is 7.10. The molecule has 25 heavy (non-hydrogen) atoms. The average molecular weight is 375 g/mol. The molecule has 0 amide bonds. The second-order valence-corrected chi connectivity index (χ2v) is 8.31. The van der Waals surface area contributed by atoms with E-state index in [-0.39, 0.29) is 11.4 Å². The molecule has 6 heteroatoms. The van der Waals surface area contributed by atoms with Crippen LogP contribution in [0.2, 0.25) is 0 Å². The van der Waals surface area contributed by atoms with Crippen molar-refractivity contribution in [2.75, 3.05) is 0 Å². The largest absolute Gasteiger partial charge is 0.323 e. The van der Waals surface area contributed by atoms with Crippen LogP contribution in [0.25, 0.3) is 10.2 Å². The van der Waals surface area contributed by atoms with Crippen LogP contribution in [-0.4, -0.2) is 9.55 Å². The molecule has 0 bridgehead atoms. The minimum atomic E-state index is -0.251. The van der Waals surface area contributed by atoms with Crippen molar-refractivity contribution in [3.63, 3.8) is 0 Å². The lowest BCUT2D eigenvalue weighted by Gasteiger charge is -2.17. The summed E-state index contributed by atoms with van der Waals surface area (Å²) in [6, 6.07) is 6.38. The van der Waals surface area contributed by atoms with Crippen LogP contribution in [0.15, 0.2) is 29.1 Å². The van der Waals surface area contributed by atoms with Crippen molar-refractivity contribution in [2.45, 2.75) is 39.2 Å². The van der Waals surface area contributed by atoms with Crippen molar-refractivity contribution in [2.24, 2.45) is 5.92 Å². The quantitative estimate of drug-likeness (QED) is 0.679. The molecule has 1 N–H and O–H groups in total. The van der Waals surface area contributed by atoms with E-state index in [1.807, 2.05) is 0 Å². The maximum absolute atomic E-state index is 13.1. The summed E-state index contributed by atoms with van der Waals surface area (Å²) in [4.78, 5) is 18.6. The van der Waals surface area contributed by atoms with Gasteiger partial charge < -0.3 is 4.98 Å². The van der Waals surface area contributed by atoms with E-state index < -0.39 is 0 Å². The maximum Gasteiger partial charge on any atom is 0.263 e. The SMILES string of the molecule is C[C@@H]1CCc2c(sc3[nH]c(=S)n(CCc4ccc(F)cc4)c(=O)c23)C1. The molecule has 0 saturated carbocycles. The number of aryl methyl sites for hydroxylation is 2. The number of H-pyrrole nitrogens is 1. The lowest BCUT2D eigenvalue weighted by Crippen LogP contribution is -2.24. The number of nitrogens with zero attached hydrogens (tertiary/aromatic N) is 1. The number of thiophene rings is 1. The van der Waals surface area contributed by atoms with Gasteiger partial charge in [0.1, 0.15) is 10.6 Å². The van der Waals surface area contributed by atoms with Gasteiger partial charge in [0, 0.05) is 11.4 Å². The molecule has 3 aromatic rings. The molecule has 1 aliphatic carbocycles. The lowest BCUT2D eigenvalue weighted by molar-refractivity contribution is 0.509. The van der Waals surface area contributed by atoms with E-state index in [9.17, 15) is 9.18 Å². The molecule has 1 atom stereocenters. The normalized spacial score (nSPS) is 17.0. The standard InChI is InChI=1S/C19H19FN2OS2/c1-11-2-7-14-15(10-11)25-17-16(14)18(23)22(19(24)21-17)9-8-12-3-5-13(20)6-4-12/h3-6,11H,2,7-10H2,1H3,(H,21,24)/t11-/m1/s1. The number of fused-ring (bicyclic) bond motifs is 3. The zero-order chi connectivity index (χ0) is 17.6. The summed E-state index contributed by atoms with van der Waals surface area (Å²) in [5.74, 6) is 0.419. The van der Waals surface area contributed by atoms with Gasteiger partial charge in [0.15, 0.2) is 4.77 Å². The van der Waals surface area contributed by atoms with E-state index in [0.717, 1.165) is 35.0 Å². The topological polar surface area (TPSA) is 37.8 Å². The van der Waals surface area contributed by atoms with Crippen LogP contribution < -0.4 is 5.56 Å². The molecule has 2 heterocycles. The Balaban J connectivity index is 1.73. The van der Waals surface area contributed by atoms with Gasteiger partial charge in [-0.1, -0.05) is 19.1 Å². The number of rotatable bonds is 3. The average Bonchev–Trinajstić information content (AvgIpc) is 2.93. The summed E-state index contributed by atoms with van der Waals surface area (Å²) in [6.07, 6.45) is 3.79. The number of aromatic amines is 1. The number of benzene rings is 1. The van der Waals surface area contributed by atoms with Crippen LogP contribution >= 0.6 is 23.6 Å². The molecule has 2 aromatic heterocycles. The molecule has 0 spiro atoms. The Hall–Kier alpha value is -1.79. The second kappa shape index (κ2) is 6.50. The number of hydrogen-bond donors (Lipinski definition) is 1. The van der Waals surface area contributed by atoms with Crippen LogP contribution in [0.3, 0.4) is 0 Å². The molecular formula is C19H19FN2OS2. The summed E-state index contributed by atoms with van der Waals surface area (Å²) in [6.45, 7) is 2.76. The van der Waals surface area contributed by atoms with Crippen molar-refractivity contribution in [1.82, 2.24) is 9.55 Å². The molecular weight excluding hydrogens is 355 g/mol. The Morgan fingerprint density at radius 1 is 1.36 bits per heavy atom. The summed E-state index contributed by atoms with van der Waals surface area (Å²) in [5.41, 5.74) is 2.21. The molecule has 1 aliphatic rings. The Morgan fingerprint density at radius 3 is 2.88 bits per heavy atom. The predicted molar refractivity (Wildman–Crippen MR) is 103 cm³/mol. The first-order chi connectivity index (χ1) is 12.0. The minimum absolute atomic E-state index is 0.00733. The van der Waals surface area contributed by atoms with Gasteiger partial charge in [-0.25, -0.2) is 4.39 Å². The third kappa shape index (κ3) is 3.09. The Morgan fingerprint density at radius 2 is 2.12 bits per heavy atom. The van der Waals surface area contributed by atoms with Gasteiger partial charge in [-0.15, -0.1) is 11.3 Å². The van der Waals surface area contributed by atoms with Crippen molar-refractivity contribution in [3.8, 4) is 0 Å². The summed E-state index contributed by atoms with van der Waals surface area (Å²) < 4.78 is 15.1. The molecule has 3 nitrogen and oxygen atoms in total. The fourth-order valence-electron chi connectivity index (χ4n) is 3.55. The summed E-state index contributed by atoms with van der Waals surface area (Å²) in [7, 11) is 0. The van der Waals surface area contributed by atoms with E-state index in [0.29, 0.717) is 23.7 Å². The summed E-state index contributed by atoms with van der Waals surface area (Å²) in [5, 5.41) is 0.819. The molecule has 0 unspecified atom stereocenters. The first-order valence-electron chi connectivity index (χ1n) is 8.54. The van der Waals surface area contributed by atoms with Crippen LogP contribution in [-0.2, 0) is 25.8 Å². The number of aromatic nitrogens is 2. The van der Waals surface area contributed by atoms with Gasteiger partial charge in [0.2, 0.25) is 0 Å². The molecule has 0 fully saturated rings. The Kier molecular flexibility index (Phi) is 4.33. The Bertz CT molecular complexity index is 1050. The fraction of sp³-hybridized carbons (Fsp3) is 0.368. The van der Waals surface area contributed by atoms with Crippen LogP contribution in [0.5, 0.6) is 0 Å². The van der Waals surface area contributed by atoms with E-state index in [1.54, 1.807) is 28.0 Å². The van der Waals surface area contributed by atoms with Crippen LogP contribution in [0.4, 0.5) is 4.39 Å². The maximum atomic E-state index is 13.1. The zero-order valence-electron chi connectivity index (χ0n) is 14.0. The van der Waals surface area contributed by atoms with Crippen molar-refractivity contribution < 1.29 is 4.39 Å². The highest BCUT2D eigenvalue weighted by molar-refractivity contribution is 7.71. The molecule has 0 aliphatic heterocycles. The van der Waals surface area contributed by atoms with E-state index in [1.165, 1.54) is 22.6 Å². The number of hydrogen-bond acceptors (Lipinski definition) is 3. The highest BCUT2D eigenvalue weighted by Gasteiger charge is 2.23. The first-order valence-corrected chi connectivity index (χ1v) is 9.77. The van der Waals surface area contributed by atoms with Gasteiger partial charge in [-0.05, 0) is 67.1 Å². The van der Waals surface area contributed by atoms with E-state index >= 15 is 0 Å². The van der Waals surface area contributed by atoms with E-state index in [2.05, 4.69) is 11.9 Å². The molecule has 130 valence electrons. The predicted octanol–water partition coefficient (Wildman–Crippen LogP) is 4.63. The van der Waals surface area contributed by atoms with Gasteiger partial charge in [-0.2, -0.15) is 0 Å². The second-order valence-electron chi connectivity index (χ2n) is 6.82. The molecule has 1 aromatic carbocycles. The van der Waals surface area contributed by atoms with Crippen LogP contribution in [0, 0.1) is 16.5 Å². The van der Waals surface area contributed by atoms with Crippen molar-refractivity contribution in [3.05, 3.63) is 61.2 Å². The highest BCUT2D eigenvalue weighted by Crippen LogP contribution is 2.35. The van der Waals surface area contributed by atoms with Gasteiger partial charge >= 0.3 is 0 Å². The van der Waals surface area contributed by atoms with Gasteiger partial charge in [0.25, 0.3) is 5.56 Å². The fourth-order valence-corrected chi connectivity index (χ4v) is 5.29. The van der Waals surface area contributed by atoms with Gasteiger partial charge in [-0.3, -0.25) is 9.36 Å². The molecule has 4 rings (SSSR count). The number of halogens is 1. The zero-order valence-corrected chi connectivity index (χ0v) is 15.6. The number of nitrogens with one attached hydrogen (secondary N) is 1. The monoisotopic (exact) mass is 374 g/mol. The minimum Gasteiger partial charge on any atom is -0.323 e.